The number of hydrogen-bond donors (Lipinski definition) is 2. The fraction of sp³-hybridized carbons (Fsp3) is 0.263. The lowest BCUT2D eigenvalue weighted by Crippen LogP contribution is -2.25. The summed E-state index contributed by atoms with van der Waals surface area (Å²) in [5, 5.41) is 7.99. The normalized spacial score (nSPS) is 13.4. The van der Waals surface area contributed by atoms with Crippen molar-refractivity contribution < 1.29 is 14.2 Å². The second-order valence-electron chi connectivity index (χ2n) is 5.69. The molecule has 0 aromatic heterocycles. The van der Waals surface area contributed by atoms with E-state index in [4.69, 9.17) is 21.2 Å². The first-order chi connectivity index (χ1) is 14.0. The lowest BCUT2D eigenvalue weighted by atomic mass is 10.3. The number of carbonyl (C=O) groups excluding carboxylic acids is 1. The van der Waals surface area contributed by atoms with Crippen LogP contribution in [0, 0.1) is 0 Å². The number of hydrogen-bond acceptors (Lipinski definition) is 8. The van der Waals surface area contributed by atoms with Crippen LogP contribution in [-0.2, 0) is 16.6 Å². The maximum Gasteiger partial charge on any atom is 0.434 e. The third-order valence-electron chi connectivity index (χ3n) is 3.60. The van der Waals surface area contributed by atoms with Gasteiger partial charge in [-0.25, -0.2) is 4.79 Å². The number of rotatable bonds is 10. The van der Waals surface area contributed by atoms with E-state index in [2.05, 4.69) is 15.2 Å². The Hall–Kier alpha value is -1.51. The van der Waals surface area contributed by atoms with Crippen LogP contribution in [0.3, 0.4) is 0 Å². The molecule has 156 valence electrons. The van der Waals surface area contributed by atoms with Crippen molar-refractivity contribution in [2.24, 2.45) is 5.16 Å². The molecule has 0 fully saturated rings. The maximum atomic E-state index is 11.5. The van der Waals surface area contributed by atoms with Gasteiger partial charge in [0.2, 0.25) is 0 Å². The lowest BCUT2D eigenvalue weighted by molar-refractivity contribution is 0.153. The summed E-state index contributed by atoms with van der Waals surface area (Å²) in [5.41, 5.74) is 0. The van der Waals surface area contributed by atoms with Crippen LogP contribution in [0.15, 0.2) is 65.8 Å². The van der Waals surface area contributed by atoms with Crippen molar-refractivity contribution in [3.63, 3.8) is 0 Å². The summed E-state index contributed by atoms with van der Waals surface area (Å²) in [5.74, 6) is 1.12. The molecule has 2 rings (SSSR count). The number of oxime groups is 1. The third kappa shape index (κ3) is 8.80. The highest BCUT2D eigenvalue weighted by Gasteiger charge is 2.21. The van der Waals surface area contributed by atoms with Crippen LogP contribution in [0.5, 0.6) is 5.75 Å². The summed E-state index contributed by atoms with van der Waals surface area (Å²) in [6.45, 7) is 2.41. The van der Waals surface area contributed by atoms with Gasteiger partial charge >= 0.3 is 6.09 Å². The Morgan fingerprint density at radius 1 is 1.14 bits per heavy atom. The average molecular weight is 470 g/mol. The largest absolute Gasteiger partial charge is 0.462 e. The Morgan fingerprint density at radius 2 is 1.79 bits per heavy atom. The number of nitrogens with zero attached hydrogens (tertiary/aromatic N) is 1. The molecule has 0 aliphatic carbocycles. The van der Waals surface area contributed by atoms with Crippen LogP contribution in [-0.4, -0.2) is 36.0 Å². The van der Waals surface area contributed by atoms with Gasteiger partial charge in [0.15, 0.2) is 0 Å². The number of para-hydroxylation sites is 1. The van der Waals surface area contributed by atoms with Gasteiger partial charge in [0.05, 0.1) is 5.88 Å². The van der Waals surface area contributed by atoms with Crippen molar-refractivity contribution in [3.05, 3.63) is 60.7 Å². The van der Waals surface area contributed by atoms with Crippen molar-refractivity contribution >= 4 is 58.2 Å². The van der Waals surface area contributed by atoms with Crippen LogP contribution in [0.2, 0.25) is 0 Å². The smallest absolute Gasteiger partial charge is 0.434 e. The second kappa shape index (κ2) is 12.9. The van der Waals surface area contributed by atoms with Crippen LogP contribution in [0.1, 0.15) is 6.92 Å². The minimum absolute atomic E-state index is 0.348. The van der Waals surface area contributed by atoms with Crippen molar-refractivity contribution in [1.29, 1.82) is 0 Å². The molecule has 10 heteroatoms. The molecule has 0 bridgehead atoms. The highest BCUT2D eigenvalue weighted by molar-refractivity contribution is 8.16. The molecule has 6 nitrogen and oxygen atoms in total. The van der Waals surface area contributed by atoms with Gasteiger partial charge in [-0.2, -0.15) is 0 Å². The Morgan fingerprint density at radius 3 is 2.45 bits per heavy atom. The SMILES string of the molecule is CSC(C)=NOC(=O)NCSNCCP(=S)(Oc1ccccc1)c1ccccc1. The standard InChI is InChI=1S/C19H24N3O3PS3/c1-16(28-2)22-24-19(23)20-15-29-21-13-14-26(27,18-11-7-4-8-12-18)25-17-9-5-3-6-10-17/h3-12,21H,13-15H2,1-2H3,(H,20,23). The Kier molecular flexibility index (Phi) is 10.6. The van der Waals surface area contributed by atoms with Gasteiger partial charge in [0.1, 0.15) is 17.1 Å². The first-order valence-corrected chi connectivity index (χ1v) is 13.9. The number of nitrogens with one attached hydrogen (secondary N) is 2. The van der Waals surface area contributed by atoms with E-state index in [1.54, 1.807) is 6.92 Å². The van der Waals surface area contributed by atoms with Gasteiger partial charge in [-0.1, -0.05) is 65.6 Å². The molecule has 0 saturated heterocycles. The van der Waals surface area contributed by atoms with Gasteiger partial charge in [0, 0.05) is 18.0 Å². The molecule has 0 aliphatic heterocycles. The summed E-state index contributed by atoms with van der Waals surface area (Å²) in [6, 6.07) is 19.6. The number of benzene rings is 2. The quantitative estimate of drug-likeness (QED) is 0.0781. The van der Waals surface area contributed by atoms with Crippen molar-refractivity contribution in [2.45, 2.75) is 6.92 Å². The van der Waals surface area contributed by atoms with E-state index in [-0.39, 0.29) is 0 Å². The zero-order valence-electron chi connectivity index (χ0n) is 16.2. The average Bonchev–Trinajstić information content (AvgIpc) is 2.75. The molecule has 0 aliphatic rings. The minimum Gasteiger partial charge on any atom is -0.462 e. The van der Waals surface area contributed by atoms with E-state index in [0.29, 0.717) is 23.6 Å². The summed E-state index contributed by atoms with van der Waals surface area (Å²) in [4.78, 5) is 16.2. The van der Waals surface area contributed by atoms with Gasteiger partial charge < -0.3 is 9.84 Å². The van der Waals surface area contributed by atoms with Gasteiger partial charge in [-0.05, 0) is 37.1 Å². The number of thioether (sulfide) groups is 1. The van der Waals surface area contributed by atoms with Crippen molar-refractivity contribution in [1.82, 2.24) is 10.0 Å². The lowest BCUT2D eigenvalue weighted by Gasteiger charge is -2.24. The van der Waals surface area contributed by atoms with Gasteiger partial charge in [-0.3, -0.25) is 9.56 Å². The highest BCUT2D eigenvalue weighted by atomic mass is 32.4. The molecule has 1 unspecified atom stereocenters. The monoisotopic (exact) mass is 469 g/mol. The summed E-state index contributed by atoms with van der Waals surface area (Å²) in [6.07, 6.45) is -0.313. The molecule has 1 atom stereocenters. The molecule has 29 heavy (non-hydrogen) atoms. The van der Waals surface area contributed by atoms with E-state index >= 15 is 0 Å². The molecule has 0 saturated carbocycles. The predicted octanol–water partition coefficient (Wildman–Crippen LogP) is 4.40. The third-order valence-corrected chi connectivity index (χ3v) is 8.77. The number of carbonyl (C=O) groups is 1. The van der Waals surface area contributed by atoms with Crippen LogP contribution in [0.25, 0.3) is 0 Å². The highest BCUT2D eigenvalue weighted by Crippen LogP contribution is 2.45. The molecule has 2 aromatic rings. The van der Waals surface area contributed by atoms with Gasteiger partial charge in [-0.15, -0.1) is 11.8 Å². The first kappa shape index (κ1) is 23.8. The predicted molar refractivity (Wildman–Crippen MR) is 129 cm³/mol. The Balaban J connectivity index is 1.81. The Bertz CT molecular complexity index is 838. The maximum absolute atomic E-state index is 11.5. The van der Waals surface area contributed by atoms with E-state index in [1.165, 1.54) is 23.7 Å². The molecular weight excluding hydrogens is 445 g/mol. The fourth-order valence-electron chi connectivity index (χ4n) is 2.12. The minimum atomic E-state index is -2.26. The van der Waals surface area contributed by atoms with Crippen LogP contribution < -0.4 is 19.9 Å². The molecule has 0 radical (unpaired) electrons. The van der Waals surface area contributed by atoms with Crippen LogP contribution in [0.4, 0.5) is 4.79 Å². The van der Waals surface area contributed by atoms with E-state index in [1.807, 2.05) is 66.9 Å². The summed E-state index contributed by atoms with van der Waals surface area (Å²) < 4.78 is 9.48. The van der Waals surface area contributed by atoms with E-state index in [0.717, 1.165) is 11.1 Å². The van der Waals surface area contributed by atoms with Crippen LogP contribution >= 0.6 is 30.0 Å². The zero-order valence-corrected chi connectivity index (χ0v) is 19.6. The molecular formula is C19H24N3O3PS3. The molecule has 1 amide bonds. The van der Waals surface area contributed by atoms with E-state index < -0.39 is 12.4 Å². The summed E-state index contributed by atoms with van der Waals surface area (Å²) in [7, 11) is 0. The topological polar surface area (TPSA) is 72.0 Å². The van der Waals surface area contributed by atoms with E-state index in [9.17, 15) is 4.79 Å². The molecule has 0 heterocycles. The van der Waals surface area contributed by atoms with Gasteiger partial charge in [0.25, 0.3) is 0 Å². The molecule has 2 aromatic carbocycles. The Labute approximate surface area is 185 Å². The fourth-order valence-corrected chi connectivity index (χ4v) is 5.77. The van der Waals surface area contributed by atoms with Crippen molar-refractivity contribution in [2.75, 3.05) is 24.8 Å². The van der Waals surface area contributed by atoms with Crippen molar-refractivity contribution in [3.8, 4) is 5.75 Å². The number of amides is 1. The first-order valence-electron chi connectivity index (χ1n) is 8.81. The second-order valence-corrected chi connectivity index (χ2v) is 11.8. The zero-order chi connectivity index (χ0) is 21.0. The molecule has 2 N–H and O–H groups in total. The molecule has 0 spiro atoms. The summed E-state index contributed by atoms with van der Waals surface area (Å²) >= 11 is 8.75.